The Morgan fingerprint density at radius 3 is 2.83 bits per heavy atom. The van der Waals surface area contributed by atoms with Gasteiger partial charge in [-0.15, -0.1) is 15.3 Å². The van der Waals surface area contributed by atoms with E-state index in [2.05, 4.69) is 45.7 Å². The maximum Gasteiger partial charge on any atom is 0.226 e. The summed E-state index contributed by atoms with van der Waals surface area (Å²) in [6.45, 7) is 4.50. The van der Waals surface area contributed by atoms with Crippen molar-refractivity contribution in [2.45, 2.75) is 32.8 Å². The molecule has 0 radical (unpaired) electrons. The zero-order valence-corrected chi connectivity index (χ0v) is 19.3. The number of ether oxygens (including phenoxy) is 1. The summed E-state index contributed by atoms with van der Waals surface area (Å²) in [4.78, 5) is 12.8. The zero-order chi connectivity index (χ0) is 23.9. The predicted octanol–water partition coefficient (Wildman–Crippen LogP) is 3.98. The molecule has 1 N–H and O–H groups in total. The van der Waals surface area contributed by atoms with Crippen LogP contribution in [0.3, 0.4) is 0 Å². The highest BCUT2D eigenvalue weighted by atomic mass is 16.5. The standard InChI is InChI=1S/C26H23N7O2/c1-16-5-3-6-18(11-16)14-35-20-8-4-7-19(12-20)21-13-24(34)28-26-25(21)17(2)30-33(26)23-10-9-22-29-27-15-32(22)31-23/h3-12,15,21H,13-14H2,1-2H3,(H,28,34). The van der Waals surface area contributed by atoms with E-state index >= 15 is 0 Å². The number of nitrogens with one attached hydrogen (secondary N) is 1. The highest BCUT2D eigenvalue weighted by molar-refractivity contribution is 5.95. The molecule has 35 heavy (non-hydrogen) atoms. The van der Waals surface area contributed by atoms with Crippen molar-refractivity contribution in [3.05, 3.63) is 94.9 Å². The summed E-state index contributed by atoms with van der Waals surface area (Å²) >= 11 is 0. The zero-order valence-electron chi connectivity index (χ0n) is 19.3. The lowest BCUT2D eigenvalue weighted by molar-refractivity contribution is -0.116. The van der Waals surface area contributed by atoms with E-state index in [0.717, 1.165) is 28.1 Å². The molecule has 0 fully saturated rings. The number of hydrogen-bond acceptors (Lipinski definition) is 6. The minimum Gasteiger partial charge on any atom is -0.489 e. The molecule has 6 rings (SSSR count). The monoisotopic (exact) mass is 465 g/mol. The van der Waals surface area contributed by atoms with Gasteiger partial charge in [-0.3, -0.25) is 4.79 Å². The number of carbonyl (C=O) groups excluding carboxylic acids is 1. The normalized spacial score (nSPS) is 15.1. The molecule has 5 aromatic rings. The van der Waals surface area contributed by atoms with Crippen LogP contribution in [0.5, 0.6) is 5.75 Å². The van der Waals surface area contributed by atoms with Crippen molar-refractivity contribution in [2.75, 3.05) is 5.32 Å². The molecule has 1 atom stereocenters. The van der Waals surface area contributed by atoms with Crippen molar-refractivity contribution in [2.24, 2.45) is 0 Å². The fourth-order valence-corrected chi connectivity index (χ4v) is 4.62. The molecular weight excluding hydrogens is 442 g/mol. The average molecular weight is 466 g/mol. The van der Waals surface area contributed by atoms with E-state index in [1.54, 1.807) is 9.20 Å². The molecule has 0 saturated carbocycles. The van der Waals surface area contributed by atoms with Gasteiger partial charge in [-0.05, 0) is 49.2 Å². The maximum absolute atomic E-state index is 12.8. The van der Waals surface area contributed by atoms with E-state index in [1.807, 2.05) is 49.4 Å². The number of aromatic nitrogens is 6. The number of rotatable bonds is 5. The van der Waals surface area contributed by atoms with Gasteiger partial charge in [0.25, 0.3) is 0 Å². The van der Waals surface area contributed by atoms with Gasteiger partial charge >= 0.3 is 0 Å². The van der Waals surface area contributed by atoms with Gasteiger partial charge in [0, 0.05) is 17.9 Å². The summed E-state index contributed by atoms with van der Waals surface area (Å²) in [6, 6.07) is 19.9. The Kier molecular flexibility index (Phi) is 5.02. The summed E-state index contributed by atoms with van der Waals surface area (Å²) in [6.07, 6.45) is 1.87. The fourth-order valence-electron chi connectivity index (χ4n) is 4.62. The lowest BCUT2D eigenvalue weighted by Crippen LogP contribution is -2.25. The summed E-state index contributed by atoms with van der Waals surface area (Å²) < 4.78 is 9.34. The van der Waals surface area contributed by atoms with Gasteiger partial charge in [0.1, 0.15) is 24.5 Å². The summed E-state index contributed by atoms with van der Waals surface area (Å²) in [7, 11) is 0. The molecule has 1 amide bonds. The van der Waals surface area contributed by atoms with Crippen LogP contribution in [0.15, 0.2) is 67.0 Å². The number of benzene rings is 2. The Bertz CT molecular complexity index is 1570. The van der Waals surface area contributed by atoms with Gasteiger partial charge in [-0.2, -0.15) is 14.3 Å². The van der Waals surface area contributed by atoms with Crippen LogP contribution in [-0.4, -0.2) is 35.5 Å². The number of anilines is 1. The third-order valence-electron chi connectivity index (χ3n) is 6.22. The van der Waals surface area contributed by atoms with Crippen molar-refractivity contribution in [3.63, 3.8) is 0 Å². The number of aryl methyl sites for hydroxylation is 2. The van der Waals surface area contributed by atoms with Gasteiger partial charge in [-0.1, -0.05) is 42.0 Å². The van der Waals surface area contributed by atoms with E-state index in [4.69, 9.17) is 9.84 Å². The number of carbonyl (C=O) groups is 1. The van der Waals surface area contributed by atoms with Crippen LogP contribution in [0.4, 0.5) is 5.82 Å². The number of hydrogen-bond donors (Lipinski definition) is 1. The first-order chi connectivity index (χ1) is 17.0. The highest BCUT2D eigenvalue weighted by Gasteiger charge is 2.33. The van der Waals surface area contributed by atoms with Crippen LogP contribution in [0.25, 0.3) is 11.5 Å². The van der Waals surface area contributed by atoms with Gasteiger partial charge in [0.2, 0.25) is 5.91 Å². The Morgan fingerprint density at radius 2 is 1.94 bits per heavy atom. The first kappa shape index (κ1) is 21.0. The Labute approximate surface area is 201 Å². The van der Waals surface area contributed by atoms with Crippen LogP contribution < -0.4 is 10.1 Å². The first-order valence-electron chi connectivity index (χ1n) is 11.4. The molecule has 9 nitrogen and oxygen atoms in total. The van der Waals surface area contributed by atoms with Gasteiger partial charge < -0.3 is 10.1 Å². The molecule has 0 spiro atoms. The fraction of sp³-hybridized carbons (Fsp3) is 0.192. The second-order valence-corrected chi connectivity index (χ2v) is 8.74. The Hall–Kier alpha value is -4.53. The molecule has 174 valence electrons. The second kappa shape index (κ2) is 8.35. The maximum atomic E-state index is 12.8. The van der Waals surface area contributed by atoms with Crippen molar-refractivity contribution in [3.8, 4) is 11.6 Å². The quantitative estimate of drug-likeness (QED) is 0.422. The Balaban J connectivity index is 1.34. The van der Waals surface area contributed by atoms with Crippen molar-refractivity contribution in [1.29, 1.82) is 0 Å². The smallest absolute Gasteiger partial charge is 0.226 e. The van der Waals surface area contributed by atoms with Crippen LogP contribution in [0, 0.1) is 13.8 Å². The number of nitrogens with zero attached hydrogens (tertiary/aromatic N) is 6. The van der Waals surface area contributed by atoms with Gasteiger partial charge in [0.15, 0.2) is 11.5 Å². The number of fused-ring (bicyclic) bond motifs is 2. The molecule has 0 aliphatic carbocycles. The predicted molar refractivity (Wildman–Crippen MR) is 130 cm³/mol. The van der Waals surface area contributed by atoms with E-state index in [-0.39, 0.29) is 11.8 Å². The summed E-state index contributed by atoms with van der Waals surface area (Å²) in [5.74, 6) is 1.75. The average Bonchev–Trinajstić information content (AvgIpc) is 3.46. The minimum atomic E-state index is -0.145. The molecular formula is C26H23N7O2. The van der Waals surface area contributed by atoms with E-state index in [0.29, 0.717) is 30.3 Å². The SMILES string of the molecule is Cc1cccc(COc2cccc(C3CC(=O)Nc4c3c(C)nn4-c3ccc4nncn4n3)c2)c1. The van der Waals surface area contributed by atoms with Crippen LogP contribution in [-0.2, 0) is 11.4 Å². The van der Waals surface area contributed by atoms with Gasteiger partial charge in [-0.25, -0.2) is 0 Å². The molecule has 1 unspecified atom stereocenters. The molecule has 4 heterocycles. The lowest BCUT2D eigenvalue weighted by Gasteiger charge is -2.24. The van der Waals surface area contributed by atoms with E-state index in [1.165, 1.54) is 11.9 Å². The summed E-state index contributed by atoms with van der Waals surface area (Å²) in [5, 5.41) is 20.1. The van der Waals surface area contributed by atoms with Crippen LogP contribution >= 0.6 is 0 Å². The van der Waals surface area contributed by atoms with Crippen molar-refractivity contribution < 1.29 is 9.53 Å². The number of amides is 1. The topological polar surface area (TPSA) is 99.2 Å². The second-order valence-electron chi connectivity index (χ2n) is 8.74. The highest BCUT2D eigenvalue weighted by Crippen LogP contribution is 2.40. The molecule has 9 heteroatoms. The van der Waals surface area contributed by atoms with Gasteiger partial charge in [0.05, 0.1) is 5.69 Å². The van der Waals surface area contributed by atoms with Crippen LogP contribution in [0.2, 0.25) is 0 Å². The molecule has 1 aliphatic heterocycles. The largest absolute Gasteiger partial charge is 0.489 e. The van der Waals surface area contributed by atoms with Crippen LogP contribution in [0.1, 0.15) is 40.3 Å². The van der Waals surface area contributed by atoms with E-state index < -0.39 is 0 Å². The third kappa shape index (κ3) is 3.90. The first-order valence-corrected chi connectivity index (χ1v) is 11.4. The van der Waals surface area contributed by atoms with Crippen molar-refractivity contribution >= 4 is 17.4 Å². The molecule has 1 aliphatic rings. The lowest BCUT2D eigenvalue weighted by atomic mass is 9.86. The third-order valence-corrected chi connectivity index (χ3v) is 6.22. The molecule has 3 aromatic heterocycles. The van der Waals surface area contributed by atoms with E-state index in [9.17, 15) is 4.79 Å². The summed E-state index contributed by atoms with van der Waals surface area (Å²) in [5.41, 5.74) is 5.77. The molecule has 2 aromatic carbocycles. The van der Waals surface area contributed by atoms with Crippen molar-refractivity contribution in [1.82, 2.24) is 29.6 Å². The molecule has 0 bridgehead atoms. The Morgan fingerprint density at radius 1 is 1.06 bits per heavy atom. The molecule has 0 saturated heterocycles. The minimum absolute atomic E-state index is 0.0693.